The Bertz CT molecular complexity index is 1090. The lowest BCUT2D eigenvalue weighted by atomic mass is 9.76. The second-order valence-electron chi connectivity index (χ2n) is 8.65. The van der Waals surface area contributed by atoms with E-state index >= 15 is 0 Å². The summed E-state index contributed by atoms with van der Waals surface area (Å²) >= 11 is 0. The first-order valence-electron chi connectivity index (χ1n) is 10.6. The molecule has 1 N–H and O–H groups in total. The number of carbonyl (C=O) groups excluding carboxylic acids is 1. The van der Waals surface area contributed by atoms with Crippen LogP contribution in [0.4, 0.5) is 14.5 Å². The number of carbonyl (C=O) groups is 1. The molecule has 0 aromatic heterocycles. The summed E-state index contributed by atoms with van der Waals surface area (Å²) in [4.78, 5) is 14.9. The van der Waals surface area contributed by atoms with Crippen molar-refractivity contribution in [3.63, 3.8) is 0 Å². The maximum atomic E-state index is 13.4. The van der Waals surface area contributed by atoms with E-state index in [1.165, 1.54) is 24.3 Å². The summed E-state index contributed by atoms with van der Waals surface area (Å²) in [5.74, 6) is -0.569. The molecule has 2 atom stereocenters. The van der Waals surface area contributed by atoms with E-state index in [4.69, 9.17) is 0 Å². The molecule has 0 bridgehead atoms. The number of halogens is 2. The average Bonchev–Trinajstić information content (AvgIpc) is 3.56. The number of amides is 1. The van der Waals surface area contributed by atoms with Crippen LogP contribution in [0.3, 0.4) is 0 Å². The second-order valence-corrected chi connectivity index (χ2v) is 8.65. The first kappa shape index (κ1) is 19.7. The van der Waals surface area contributed by atoms with Gasteiger partial charge in [-0.1, -0.05) is 24.3 Å². The molecule has 1 unspecified atom stereocenters. The summed E-state index contributed by atoms with van der Waals surface area (Å²) in [6.45, 7) is 0. The minimum absolute atomic E-state index is 0.0274. The number of phenols is 1. The predicted molar refractivity (Wildman–Crippen MR) is 115 cm³/mol. The van der Waals surface area contributed by atoms with Crippen molar-refractivity contribution in [1.82, 2.24) is 0 Å². The van der Waals surface area contributed by atoms with E-state index in [1.807, 2.05) is 24.3 Å². The fourth-order valence-corrected chi connectivity index (χ4v) is 4.84. The molecule has 3 nitrogen and oxygen atoms in total. The van der Waals surface area contributed by atoms with E-state index in [1.54, 1.807) is 29.2 Å². The van der Waals surface area contributed by atoms with Gasteiger partial charge in [0.25, 0.3) is 0 Å². The Hall–Kier alpha value is -3.21. The highest BCUT2D eigenvalue weighted by Crippen LogP contribution is 2.54. The number of nitrogens with zero attached hydrogens (tertiary/aromatic N) is 1. The Kier molecular flexibility index (Phi) is 4.77. The van der Waals surface area contributed by atoms with Gasteiger partial charge < -0.3 is 10.0 Å². The molecular weight excluding hydrogens is 396 g/mol. The standard InChI is InChI=1S/C26H23F2NO2/c27-19-5-3-18(4-6-19)26(15-16-26)14-13-23-24(17-1-11-22(30)12-2-17)29(25(23)31)21-9-7-20(28)8-10-21/h1-12,23-24,30H,13-16H2/t23-,24?/m1/s1. The molecule has 1 heterocycles. The smallest absolute Gasteiger partial charge is 0.233 e. The van der Waals surface area contributed by atoms with Gasteiger partial charge in [0.2, 0.25) is 5.91 Å². The first-order chi connectivity index (χ1) is 15.0. The van der Waals surface area contributed by atoms with Crippen molar-refractivity contribution < 1.29 is 18.7 Å². The van der Waals surface area contributed by atoms with Crippen LogP contribution < -0.4 is 4.90 Å². The lowest BCUT2D eigenvalue weighted by Crippen LogP contribution is -2.55. The number of rotatable bonds is 6. The molecule has 5 rings (SSSR count). The number of phenolic OH excluding ortho intramolecular Hbond substituents is 1. The molecular formula is C26H23F2NO2. The second kappa shape index (κ2) is 7.49. The summed E-state index contributed by atoms with van der Waals surface area (Å²) < 4.78 is 26.7. The molecule has 0 spiro atoms. The maximum Gasteiger partial charge on any atom is 0.233 e. The Morgan fingerprint density at radius 2 is 1.45 bits per heavy atom. The molecule has 3 aromatic rings. The highest BCUT2D eigenvalue weighted by molar-refractivity contribution is 6.03. The molecule has 1 aliphatic carbocycles. The lowest BCUT2D eigenvalue weighted by Gasteiger charge is -2.48. The van der Waals surface area contributed by atoms with E-state index in [2.05, 4.69) is 0 Å². The van der Waals surface area contributed by atoms with Gasteiger partial charge in [-0.3, -0.25) is 4.79 Å². The summed E-state index contributed by atoms with van der Waals surface area (Å²) in [5, 5.41) is 9.68. The summed E-state index contributed by atoms with van der Waals surface area (Å²) in [5.41, 5.74) is 2.78. The van der Waals surface area contributed by atoms with Gasteiger partial charge in [-0.15, -0.1) is 0 Å². The Morgan fingerprint density at radius 1 is 0.871 bits per heavy atom. The van der Waals surface area contributed by atoms with Crippen LogP contribution in [0.5, 0.6) is 5.75 Å². The lowest BCUT2D eigenvalue weighted by molar-refractivity contribution is -0.130. The number of benzene rings is 3. The normalized spacial score (nSPS) is 21.6. The van der Waals surface area contributed by atoms with Gasteiger partial charge in [-0.2, -0.15) is 0 Å². The molecule has 158 valence electrons. The molecule has 5 heteroatoms. The molecule has 2 aliphatic rings. The van der Waals surface area contributed by atoms with Crippen molar-refractivity contribution in [1.29, 1.82) is 0 Å². The molecule has 3 aromatic carbocycles. The van der Waals surface area contributed by atoms with Crippen LogP contribution in [-0.2, 0) is 10.2 Å². The van der Waals surface area contributed by atoms with Crippen molar-refractivity contribution in [2.24, 2.45) is 5.92 Å². The van der Waals surface area contributed by atoms with Gasteiger partial charge in [0, 0.05) is 5.69 Å². The van der Waals surface area contributed by atoms with Crippen molar-refractivity contribution >= 4 is 11.6 Å². The number of β-lactam (4-membered cyclic amide) rings is 1. The van der Waals surface area contributed by atoms with Gasteiger partial charge in [-0.25, -0.2) is 8.78 Å². The summed E-state index contributed by atoms with van der Waals surface area (Å²) in [6, 6.07) is 19.4. The zero-order valence-electron chi connectivity index (χ0n) is 17.0. The van der Waals surface area contributed by atoms with Crippen molar-refractivity contribution in [3.8, 4) is 5.75 Å². The fourth-order valence-electron chi connectivity index (χ4n) is 4.84. The number of aromatic hydroxyl groups is 1. The number of anilines is 1. The molecule has 0 radical (unpaired) electrons. The van der Waals surface area contributed by atoms with E-state index in [-0.39, 0.29) is 40.7 Å². The molecule has 31 heavy (non-hydrogen) atoms. The van der Waals surface area contributed by atoms with E-state index < -0.39 is 0 Å². The van der Waals surface area contributed by atoms with Gasteiger partial charge in [0.1, 0.15) is 17.4 Å². The van der Waals surface area contributed by atoms with E-state index in [9.17, 15) is 18.7 Å². The van der Waals surface area contributed by atoms with Crippen LogP contribution in [0.2, 0.25) is 0 Å². The fraction of sp³-hybridized carbons (Fsp3) is 0.269. The Morgan fingerprint density at radius 3 is 2.03 bits per heavy atom. The average molecular weight is 419 g/mol. The van der Waals surface area contributed by atoms with Crippen LogP contribution in [0.1, 0.15) is 42.9 Å². The Labute approximate surface area is 180 Å². The summed E-state index contributed by atoms with van der Waals surface area (Å²) in [7, 11) is 0. The highest BCUT2D eigenvalue weighted by Gasteiger charge is 2.51. The van der Waals surface area contributed by atoms with Gasteiger partial charge in [0.15, 0.2) is 0 Å². The van der Waals surface area contributed by atoms with Gasteiger partial charge >= 0.3 is 0 Å². The van der Waals surface area contributed by atoms with Gasteiger partial charge in [0.05, 0.1) is 12.0 Å². The third-order valence-corrected chi connectivity index (χ3v) is 6.80. The van der Waals surface area contributed by atoms with Crippen LogP contribution >= 0.6 is 0 Å². The quantitative estimate of drug-likeness (QED) is 0.507. The summed E-state index contributed by atoms with van der Waals surface area (Å²) in [6.07, 6.45) is 3.68. The third-order valence-electron chi connectivity index (χ3n) is 6.80. The first-order valence-corrected chi connectivity index (χ1v) is 10.6. The predicted octanol–water partition coefficient (Wildman–Crippen LogP) is 5.89. The van der Waals surface area contributed by atoms with Crippen molar-refractivity contribution in [3.05, 3.63) is 95.6 Å². The van der Waals surface area contributed by atoms with Crippen molar-refractivity contribution in [2.45, 2.75) is 37.1 Å². The topological polar surface area (TPSA) is 40.5 Å². The zero-order valence-corrected chi connectivity index (χ0v) is 17.0. The third kappa shape index (κ3) is 3.58. The van der Waals surface area contributed by atoms with Crippen LogP contribution in [-0.4, -0.2) is 11.0 Å². The number of hydrogen-bond acceptors (Lipinski definition) is 2. The van der Waals surface area contributed by atoms with Gasteiger partial charge in [-0.05, 0) is 90.8 Å². The zero-order chi connectivity index (χ0) is 21.6. The minimum atomic E-state index is -0.343. The molecule has 1 saturated heterocycles. The monoisotopic (exact) mass is 419 g/mol. The van der Waals surface area contributed by atoms with Crippen LogP contribution in [0.25, 0.3) is 0 Å². The van der Waals surface area contributed by atoms with Crippen molar-refractivity contribution in [2.75, 3.05) is 4.90 Å². The van der Waals surface area contributed by atoms with E-state index in [0.717, 1.165) is 36.8 Å². The molecule has 1 amide bonds. The molecule has 1 aliphatic heterocycles. The Balaban J connectivity index is 1.39. The van der Waals surface area contributed by atoms with Crippen LogP contribution in [0.15, 0.2) is 72.8 Å². The maximum absolute atomic E-state index is 13.4. The minimum Gasteiger partial charge on any atom is -0.508 e. The van der Waals surface area contributed by atoms with Crippen LogP contribution in [0, 0.1) is 17.6 Å². The molecule has 1 saturated carbocycles. The highest BCUT2D eigenvalue weighted by atomic mass is 19.1. The SMILES string of the molecule is O=C1[C@H](CCC2(c3ccc(F)cc3)CC2)C(c2ccc(O)cc2)N1c1ccc(F)cc1. The molecule has 2 fully saturated rings. The number of hydrogen-bond donors (Lipinski definition) is 1. The largest absolute Gasteiger partial charge is 0.508 e. The van der Waals surface area contributed by atoms with E-state index in [0.29, 0.717) is 5.69 Å².